The van der Waals surface area contributed by atoms with Gasteiger partial charge in [-0.15, -0.1) is 0 Å². The van der Waals surface area contributed by atoms with Crippen LogP contribution in [0.15, 0.2) is 0 Å². The van der Waals surface area contributed by atoms with Crippen LogP contribution in [0.5, 0.6) is 0 Å². The van der Waals surface area contributed by atoms with Crippen LogP contribution in [0, 0.1) is 11.8 Å². The number of amides is 8. The van der Waals surface area contributed by atoms with E-state index in [0.29, 0.717) is 6.42 Å². The van der Waals surface area contributed by atoms with Gasteiger partial charge in [-0.1, -0.05) is 34.1 Å². The lowest BCUT2D eigenvalue weighted by atomic mass is 9.97. The molecule has 0 heterocycles. The molecule has 0 saturated heterocycles. The lowest BCUT2D eigenvalue weighted by Gasteiger charge is -2.29. The van der Waals surface area contributed by atoms with Crippen LogP contribution in [0.25, 0.3) is 0 Å². The van der Waals surface area contributed by atoms with Crippen molar-refractivity contribution in [2.24, 2.45) is 34.8 Å². The van der Waals surface area contributed by atoms with E-state index < -0.39 is 108 Å². The quantitative estimate of drug-likeness (QED) is 0.0611. The molecule has 0 aromatic carbocycles. The first kappa shape index (κ1) is 39.7. The molecule has 0 aliphatic rings. The van der Waals surface area contributed by atoms with Crippen molar-refractivity contribution >= 4 is 47.3 Å². The van der Waals surface area contributed by atoms with Gasteiger partial charge in [-0.2, -0.15) is 0 Å². The minimum atomic E-state index is -1.55. The van der Waals surface area contributed by atoms with Crippen molar-refractivity contribution in [3.8, 4) is 0 Å². The topological polar surface area (TPSA) is 321 Å². The van der Waals surface area contributed by atoms with Crippen LogP contribution in [-0.2, 0) is 38.4 Å². The number of nitrogens with one attached hydrogen (secondary N) is 5. The molecule has 250 valence electrons. The number of primary amides is 3. The van der Waals surface area contributed by atoms with E-state index in [4.69, 9.17) is 22.9 Å². The fraction of sp³-hybridized carbons (Fsp3) is 0.692. The van der Waals surface area contributed by atoms with Crippen molar-refractivity contribution in [3.05, 3.63) is 0 Å². The molecule has 0 aliphatic heterocycles. The summed E-state index contributed by atoms with van der Waals surface area (Å²) in [7, 11) is 0. The Labute approximate surface area is 255 Å². The standard InChI is InChI=1S/C26H47N9O9/c1-6-12(4)20(26(44)32-15(21(30)39)7-8-17(28)37)35-24(42)16(10-36)33-25(43)19(11(2)3)34-22(40)13(5)31-23(41)14(27)9-18(29)38/h11-16,19-20,36H,6-10,27H2,1-5H3,(H2,28,37)(H2,29,38)(H2,30,39)(H,31,41)(H,32,44)(H,33,43)(H,34,40)(H,35,42)/t12-,13-,14-,15-,16-,19-,20-/m0/s1. The molecular weight excluding hydrogens is 582 g/mol. The molecule has 0 aliphatic carbocycles. The first-order chi connectivity index (χ1) is 20.4. The van der Waals surface area contributed by atoms with Crippen LogP contribution in [-0.4, -0.2) is 95.2 Å². The predicted octanol–water partition coefficient (Wildman–Crippen LogP) is -4.92. The molecule has 0 rings (SSSR count). The van der Waals surface area contributed by atoms with Gasteiger partial charge in [-0.25, -0.2) is 0 Å². The second kappa shape index (κ2) is 19.1. The van der Waals surface area contributed by atoms with Gasteiger partial charge in [-0.3, -0.25) is 38.4 Å². The Kier molecular flexibility index (Phi) is 17.2. The van der Waals surface area contributed by atoms with Crippen LogP contribution in [0.4, 0.5) is 0 Å². The molecular formula is C26H47N9O9. The van der Waals surface area contributed by atoms with Crippen LogP contribution < -0.4 is 49.5 Å². The summed E-state index contributed by atoms with van der Waals surface area (Å²) >= 11 is 0. The number of aliphatic hydroxyl groups is 1. The number of hydrogen-bond donors (Lipinski definition) is 10. The zero-order valence-electron chi connectivity index (χ0n) is 25.7. The van der Waals surface area contributed by atoms with E-state index in [1.54, 1.807) is 27.7 Å². The highest BCUT2D eigenvalue weighted by atomic mass is 16.3. The summed E-state index contributed by atoms with van der Waals surface area (Å²) in [6, 6.07) is -7.69. The minimum Gasteiger partial charge on any atom is -0.394 e. The Bertz CT molecular complexity index is 1070. The van der Waals surface area contributed by atoms with Gasteiger partial charge in [0.1, 0.15) is 30.2 Å². The Balaban J connectivity index is 5.59. The molecule has 0 aromatic rings. The van der Waals surface area contributed by atoms with Crippen LogP contribution >= 0.6 is 0 Å². The number of rotatable bonds is 20. The third-order valence-corrected chi connectivity index (χ3v) is 6.70. The molecule has 7 atom stereocenters. The summed E-state index contributed by atoms with van der Waals surface area (Å²) in [5, 5.41) is 21.8. The highest BCUT2D eigenvalue weighted by Crippen LogP contribution is 2.10. The van der Waals surface area contributed by atoms with Gasteiger partial charge in [0, 0.05) is 6.42 Å². The molecule has 8 amide bonds. The van der Waals surface area contributed by atoms with Gasteiger partial charge in [0.2, 0.25) is 47.3 Å². The first-order valence-corrected chi connectivity index (χ1v) is 14.1. The van der Waals surface area contributed by atoms with Gasteiger partial charge in [0.05, 0.1) is 19.1 Å². The van der Waals surface area contributed by atoms with Crippen molar-refractivity contribution in [2.45, 2.75) is 96.6 Å². The predicted molar refractivity (Wildman–Crippen MR) is 156 cm³/mol. The van der Waals surface area contributed by atoms with Gasteiger partial charge in [-0.05, 0) is 25.2 Å². The summed E-state index contributed by atoms with van der Waals surface area (Å²) in [5.41, 5.74) is 21.0. The number of hydrogen-bond acceptors (Lipinski definition) is 10. The van der Waals surface area contributed by atoms with Crippen molar-refractivity contribution in [1.29, 1.82) is 0 Å². The summed E-state index contributed by atoms with van der Waals surface area (Å²) in [6.45, 7) is 7.03. The van der Waals surface area contributed by atoms with E-state index >= 15 is 0 Å². The maximum atomic E-state index is 13.1. The zero-order chi connectivity index (χ0) is 34.3. The molecule has 0 radical (unpaired) electrons. The smallest absolute Gasteiger partial charge is 0.245 e. The molecule has 14 N–H and O–H groups in total. The third-order valence-electron chi connectivity index (χ3n) is 6.70. The summed E-state index contributed by atoms with van der Waals surface area (Å²) < 4.78 is 0. The maximum absolute atomic E-state index is 13.1. The second-order valence-corrected chi connectivity index (χ2v) is 10.8. The summed E-state index contributed by atoms with van der Waals surface area (Å²) in [6.07, 6.45) is -0.422. The lowest BCUT2D eigenvalue weighted by molar-refractivity contribution is -0.136. The van der Waals surface area contributed by atoms with Crippen molar-refractivity contribution in [1.82, 2.24) is 26.6 Å². The van der Waals surface area contributed by atoms with Crippen LogP contribution in [0.2, 0.25) is 0 Å². The normalized spacial score (nSPS) is 15.7. The molecule has 0 unspecified atom stereocenters. The second-order valence-electron chi connectivity index (χ2n) is 10.8. The van der Waals surface area contributed by atoms with Crippen molar-refractivity contribution in [3.63, 3.8) is 0 Å². The number of aliphatic hydroxyl groups excluding tert-OH is 1. The van der Waals surface area contributed by atoms with E-state index in [2.05, 4.69) is 26.6 Å². The van der Waals surface area contributed by atoms with E-state index in [-0.39, 0.29) is 12.8 Å². The van der Waals surface area contributed by atoms with E-state index in [0.717, 1.165) is 0 Å². The Morgan fingerprint density at radius 1 is 0.659 bits per heavy atom. The molecule has 18 nitrogen and oxygen atoms in total. The van der Waals surface area contributed by atoms with E-state index in [1.165, 1.54) is 6.92 Å². The lowest BCUT2D eigenvalue weighted by Crippen LogP contribution is -2.61. The van der Waals surface area contributed by atoms with Crippen molar-refractivity contribution < 1.29 is 43.5 Å². The number of carbonyl (C=O) groups excluding carboxylic acids is 8. The Morgan fingerprint density at radius 2 is 1.18 bits per heavy atom. The minimum absolute atomic E-state index is 0.155. The SMILES string of the molecule is CC[C@H](C)[C@H](NC(=O)[C@H](CO)NC(=O)[C@@H](NC(=O)[C@H](C)NC(=O)[C@@H](N)CC(N)=O)C(C)C)C(=O)N[C@@H](CCC(N)=O)C(N)=O. The molecule has 18 heteroatoms. The molecule has 44 heavy (non-hydrogen) atoms. The fourth-order valence-corrected chi connectivity index (χ4v) is 3.75. The molecule has 0 aromatic heterocycles. The average molecular weight is 630 g/mol. The van der Waals surface area contributed by atoms with Crippen LogP contribution in [0.3, 0.4) is 0 Å². The Hall–Kier alpha value is -4.32. The van der Waals surface area contributed by atoms with Gasteiger partial charge < -0.3 is 54.6 Å². The molecule has 0 fully saturated rings. The Morgan fingerprint density at radius 3 is 1.64 bits per heavy atom. The molecule has 0 saturated carbocycles. The van der Waals surface area contributed by atoms with Gasteiger partial charge in [0.15, 0.2) is 0 Å². The maximum Gasteiger partial charge on any atom is 0.245 e. The molecule has 0 spiro atoms. The fourth-order valence-electron chi connectivity index (χ4n) is 3.75. The first-order valence-electron chi connectivity index (χ1n) is 14.1. The summed E-state index contributed by atoms with van der Waals surface area (Å²) in [4.78, 5) is 97.9. The molecule has 0 bridgehead atoms. The van der Waals surface area contributed by atoms with E-state index in [1.807, 2.05) is 0 Å². The van der Waals surface area contributed by atoms with Crippen molar-refractivity contribution in [2.75, 3.05) is 6.61 Å². The highest BCUT2D eigenvalue weighted by Gasteiger charge is 2.34. The number of carbonyl (C=O) groups is 8. The van der Waals surface area contributed by atoms with Gasteiger partial charge in [0.25, 0.3) is 0 Å². The average Bonchev–Trinajstić information content (AvgIpc) is 2.93. The largest absolute Gasteiger partial charge is 0.394 e. The highest BCUT2D eigenvalue weighted by molar-refractivity contribution is 5.97. The summed E-state index contributed by atoms with van der Waals surface area (Å²) in [5.74, 6) is -7.61. The third kappa shape index (κ3) is 13.8. The van der Waals surface area contributed by atoms with E-state index in [9.17, 15) is 43.5 Å². The zero-order valence-corrected chi connectivity index (χ0v) is 25.7. The number of nitrogens with two attached hydrogens (primary N) is 4. The van der Waals surface area contributed by atoms with Crippen LogP contribution in [0.1, 0.15) is 60.3 Å². The monoisotopic (exact) mass is 629 g/mol. The van der Waals surface area contributed by atoms with Gasteiger partial charge >= 0.3 is 0 Å².